The van der Waals surface area contributed by atoms with Gasteiger partial charge < -0.3 is 20.1 Å². The number of anilines is 2. The molecule has 4 aromatic rings. The summed E-state index contributed by atoms with van der Waals surface area (Å²) in [6.07, 6.45) is 2.56. The van der Waals surface area contributed by atoms with E-state index in [0.29, 0.717) is 52.3 Å². The highest BCUT2D eigenvalue weighted by Gasteiger charge is 2.31. The molecule has 1 amide bonds. The molecule has 0 radical (unpaired) electrons. The van der Waals surface area contributed by atoms with E-state index in [1.54, 1.807) is 24.3 Å². The van der Waals surface area contributed by atoms with Crippen molar-refractivity contribution in [2.75, 3.05) is 31.4 Å². The molecule has 0 fully saturated rings. The average Bonchev–Trinajstić information content (AvgIpc) is 3.10. The van der Waals surface area contributed by atoms with Gasteiger partial charge in [0, 0.05) is 35.2 Å². The quantitative estimate of drug-likeness (QED) is 0.199. The van der Waals surface area contributed by atoms with Crippen molar-refractivity contribution in [3.05, 3.63) is 93.8 Å². The first-order chi connectivity index (χ1) is 23.4. The lowest BCUT2D eigenvalue weighted by molar-refractivity contribution is -0.116. The van der Waals surface area contributed by atoms with Crippen molar-refractivity contribution in [3.8, 4) is 22.3 Å². The van der Waals surface area contributed by atoms with Crippen molar-refractivity contribution in [3.63, 3.8) is 0 Å². The molecule has 4 heterocycles. The third-order valence-electron chi connectivity index (χ3n) is 8.55. The molecule has 0 saturated heterocycles. The van der Waals surface area contributed by atoms with Gasteiger partial charge in [0.15, 0.2) is 0 Å². The zero-order valence-electron chi connectivity index (χ0n) is 28.5. The van der Waals surface area contributed by atoms with Crippen LogP contribution in [0.2, 0.25) is 0 Å². The lowest BCUT2D eigenvalue weighted by Gasteiger charge is -2.25. The number of halogens is 2. The molecule has 2 N–H and O–H groups in total. The number of hydrogen-bond donors (Lipinski definition) is 2. The van der Waals surface area contributed by atoms with Crippen LogP contribution in [0.5, 0.6) is 0 Å². The molecule has 0 saturated carbocycles. The summed E-state index contributed by atoms with van der Waals surface area (Å²) < 4.78 is 36.7. The maximum Gasteiger partial charge on any atom is 0.340 e. The lowest BCUT2D eigenvalue weighted by Crippen LogP contribution is -2.24. The first kappa shape index (κ1) is 35.1. The normalized spacial score (nSPS) is 13.4. The largest absolute Gasteiger partial charge is 0.465 e. The third kappa shape index (κ3) is 7.30. The van der Waals surface area contributed by atoms with Crippen LogP contribution in [0, 0.1) is 11.6 Å². The van der Waals surface area contributed by atoms with E-state index in [2.05, 4.69) is 15.6 Å². The van der Waals surface area contributed by atoms with E-state index in [0.717, 1.165) is 47.5 Å². The van der Waals surface area contributed by atoms with Crippen molar-refractivity contribution in [2.24, 2.45) is 0 Å². The summed E-state index contributed by atoms with van der Waals surface area (Å²) in [6.45, 7) is 8.69. The van der Waals surface area contributed by atoms with E-state index < -0.39 is 11.9 Å². The molecule has 256 valence electrons. The number of fused-ring (bicyclic) bond motifs is 2. The Labute approximate surface area is 284 Å². The minimum Gasteiger partial charge on any atom is -0.465 e. The van der Waals surface area contributed by atoms with Gasteiger partial charge in [-0.25, -0.2) is 28.3 Å². The second kappa shape index (κ2) is 14.9. The van der Waals surface area contributed by atoms with E-state index in [1.165, 1.54) is 38.5 Å². The van der Waals surface area contributed by atoms with Gasteiger partial charge in [0.05, 0.1) is 36.7 Å². The molecule has 11 heteroatoms. The van der Waals surface area contributed by atoms with Gasteiger partial charge in [-0.05, 0) is 66.5 Å². The van der Waals surface area contributed by atoms with Gasteiger partial charge in [-0.15, -0.1) is 0 Å². The Morgan fingerprint density at radius 2 is 1.14 bits per heavy atom. The molecule has 0 spiro atoms. The summed E-state index contributed by atoms with van der Waals surface area (Å²) in [5.74, 6) is -0.375. The number of hydrogen-bond acceptors (Lipinski definition) is 8. The van der Waals surface area contributed by atoms with Crippen LogP contribution in [0.25, 0.3) is 22.3 Å². The van der Waals surface area contributed by atoms with Crippen molar-refractivity contribution >= 4 is 29.5 Å². The van der Waals surface area contributed by atoms with Gasteiger partial charge in [0.1, 0.15) is 23.3 Å². The first-order valence-corrected chi connectivity index (χ1v) is 16.3. The molecule has 2 aromatic carbocycles. The zero-order chi connectivity index (χ0) is 35.4. The molecule has 2 aliphatic heterocycles. The van der Waals surface area contributed by atoms with E-state index in [9.17, 15) is 23.2 Å². The van der Waals surface area contributed by atoms with E-state index in [-0.39, 0.29) is 29.4 Å². The number of ether oxygens (including phenoxy) is 2. The molecule has 6 rings (SSSR count). The molecular formula is C38H40F2N4O5. The maximum atomic E-state index is 13.4. The molecule has 0 bridgehead atoms. The fourth-order valence-electron chi connectivity index (χ4n) is 6.25. The number of carbonyl (C=O) groups is 3. The van der Waals surface area contributed by atoms with Gasteiger partial charge in [0.25, 0.3) is 0 Å². The Morgan fingerprint density at radius 3 is 1.59 bits per heavy atom. The van der Waals surface area contributed by atoms with Gasteiger partial charge in [-0.3, -0.25) is 4.79 Å². The first-order valence-electron chi connectivity index (χ1n) is 16.3. The van der Waals surface area contributed by atoms with E-state index in [1.807, 2.05) is 27.7 Å². The van der Waals surface area contributed by atoms with Crippen LogP contribution in [0.1, 0.15) is 95.6 Å². The summed E-state index contributed by atoms with van der Waals surface area (Å²) >= 11 is 0. The maximum absolute atomic E-state index is 13.4. The summed E-state index contributed by atoms with van der Waals surface area (Å²) in [5, 5.41) is 6.11. The van der Waals surface area contributed by atoms with Crippen LogP contribution >= 0.6 is 0 Å². The van der Waals surface area contributed by atoms with Crippen molar-refractivity contribution in [2.45, 2.75) is 65.2 Å². The minimum absolute atomic E-state index is 0.0579. The highest BCUT2D eigenvalue weighted by molar-refractivity contribution is 6.03. The Balaban J connectivity index is 0.000000191. The standard InChI is InChI=1S/C19H19FN2O3.C19H21FN2O2/c1-10(2)17-16(19(24)25-3)15(11-4-6-12(20)7-5-11)13-8-9-14(23)21-18(13)22-17;1-11(2)17-16(19(23)24-3)15(12-6-8-13(20)9-7-12)14-5-4-10-21-18(14)22-17/h4-7,10H,8-9H2,1-3H3,(H,21,22,23);6-9,11H,4-5,10H2,1-3H3,(H,21,22). The monoisotopic (exact) mass is 670 g/mol. The molecule has 2 aromatic heterocycles. The number of pyridine rings is 2. The highest BCUT2D eigenvalue weighted by atomic mass is 19.1. The molecule has 0 unspecified atom stereocenters. The fourth-order valence-corrected chi connectivity index (χ4v) is 6.25. The highest BCUT2D eigenvalue weighted by Crippen LogP contribution is 2.40. The number of rotatable bonds is 6. The van der Waals surface area contributed by atoms with Crippen molar-refractivity contribution in [1.82, 2.24) is 9.97 Å². The number of nitrogens with one attached hydrogen (secondary N) is 2. The van der Waals surface area contributed by atoms with Crippen LogP contribution in [0.4, 0.5) is 20.4 Å². The number of aromatic nitrogens is 2. The number of esters is 2. The predicted molar refractivity (Wildman–Crippen MR) is 184 cm³/mol. The Hall–Kier alpha value is -5.19. The van der Waals surface area contributed by atoms with Crippen LogP contribution in [0.3, 0.4) is 0 Å². The van der Waals surface area contributed by atoms with Gasteiger partial charge in [0.2, 0.25) is 5.91 Å². The molecule has 2 aliphatic rings. The Bertz CT molecular complexity index is 1890. The topological polar surface area (TPSA) is 120 Å². The minimum atomic E-state index is -0.491. The third-order valence-corrected chi connectivity index (χ3v) is 8.55. The molecule has 0 aliphatic carbocycles. The molecule has 9 nitrogen and oxygen atoms in total. The summed E-state index contributed by atoms with van der Waals surface area (Å²) in [7, 11) is 2.70. The van der Waals surface area contributed by atoms with E-state index >= 15 is 0 Å². The van der Waals surface area contributed by atoms with Crippen LogP contribution in [0.15, 0.2) is 48.5 Å². The number of amides is 1. The number of methoxy groups -OCH3 is 2. The summed E-state index contributed by atoms with van der Waals surface area (Å²) in [5.41, 5.74) is 6.85. The Morgan fingerprint density at radius 1 is 0.694 bits per heavy atom. The van der Waals surface area contributed by atoms with Crippen LogP contribution in [-0.2, 0) is 27.1 Å². The molecular weight excluding hydrogens is 630 g/mol. The molecule has 49 heavy (non-hydrogen) atoms. The number of nitrogens with zero attached hydrogens (tertiary/aromatic N) is 2. The van der Waals surface area contributed by atoms with Crippen molar-refractivity contribution < 1.29 is 32.6 Å². The van der Waals surface area contributed by atoms with Gasteiger partial charge >= 0.3 is 11.9 Å². The van der Waals surface area contributed by atoms with Crippen LogP contribution < -0.4 is 10.6 Å². The SMILES string of the molecule is COC(=O)c1c(C(C)C)nc2c(c1-c1ccc(F)cc1)CCC(=O)N2.COC(=O)c1c(C(C)C)nc2c(c1-c1ccc(F)cc1)CCCN2. The number of benzene rings is 2. The van der Waals surface area contributed by atoms with Gasteiger partial charge in [-0.1, -0.05) is 52.0 Å². The summed E-state index contributed by atoms with van der Waals surface area (Å²) in [6, 6.07) is 12.2. The lowest BCUT2D eigenvalue weighted by atomic mass is 9.87. The number of carbonyl (C=O) groups excluding carboxylic acids is 3. The Kier molecular flexibility index (Phi) is 10.7. The predicted octanol–water partition coefficient (Wildman–Crippen LogP) is 7.84. The van der Waals surface area contributed by atoms with Crippen LogP contribution in [-0.4, -0.2) is 48.6 Å². The smallest absolute Gasteiger partial charge is 0.340 e. The average molecular weight is 671 g/mol. The second-order valence-electron chi connectivity index (χ2n) is 12.5. The van der Waals surface area contributed by atoms with E-state index in [4.69, 9.17) is 14.5 Å². The summed E-state index contributed by atoms with van der Waals surface area (Å²) in [4.78, 5) is 46.1. The molecule has 0 atom stereocenters. The van der Waals surface area contributed by atoms with Gasteiger partial charge in [-0.2, -0.15) is 0 Å². The van der Waals surface area contributed by atoms with Crippen molar-refractivity contribution in [1.29, 1.82) is 0 Å². The second-order valence-corrected chi connectivity index (χ2v) is 12.5. The fraction of sp³-hybridized carbons (Fsp3) is 0.342. The zero-order valence-corrected chi connectivity index (χ0v) is 28.5.